The minimum Gasteiger partial charge on any atom is -0.378 e. The van der Waals surface area contributed by atoms with Crippen molar-refractivity contribution in [1.82, 2.24) is 4.90 Å². The molecule has 0 spiro atoms. The van der Waals surface area contributed by atoms with E-state index in [-0.39, 0.29) is 24.7 Å². The number of benzene rings is 1. The molecule has 0 radical (unpaired) electrons. The number of ether oxygens (including phenoxy) is 1. The molecule has 1 N–H and O–H groups in total. The van der Waals surface area contributed by atoms with Gasteiger partial charge in [-0.3, -0.25) is 9.59 Å². The third-order valence-corrected chi connectivity index (χ3v) is 4.55. The molecule has 1 saturated heterocycles. The van der Waals surface area contributed by atoms with Crippen LogP contribution in [-0.2, 0) is 14.3 Å². The summed E-state index contributed by atoms with van der Waals surface area (Å²) in [5, 5.41) is 2.83. The van der Waals surface area contributed by atoms with Gasteiger partial charge in [0.25, 0.3) is 0 Å². The number of nitrogens with zero attached hydrogens (tertiary/aromatic N) is 1. The number of morpholine rings is 1. The van der Waals surface area contributed by atoms with Gasteiger partial charge in [-0.1, -0.05) is 6.07 Å². The van der Waals surface area contributed by atoms with Crippen molar-refractivity contribution in [3.63, 3.8) is 0 Å². The molecule has 5 nitrogen and oxygen atoms in total. The van der Waals surface area contributed by atoms with Gasteiger partial charge in [-0.2, -0.15) is 0 Å². The molecule has 0 aromatic heterocycles. The van der Waals surface area contributed by atoms with Crippen LogP contribution in [-0.4, -0.2) is 43.0 Å². The first-order valence-electron chi connectivity index (χ1n) is 6.98. The van der Waals surface area contributed by atoms with Crippen molar-refractivity contribution in [2.24, 2.45) is 0 Å². The summed E-state index contributed by atoms with van der Waals surface area (Å²) in [6.07, 6.45) is 0.454. The summed E-state index contributed by atoms with van der Waals surface area (Å²) in [4.78, 5) is 25.6. The highest BCUT2D eigenvalue weighted by Crippen LogP contribution is 2.17. The van der Waals surface area contributed by atoms with E-state index in [1.165, 1.54) is 5.56 Å². The van der Waals surface area contributed by atoms with Crippen LogP contribution in [0.3, 0.4) is 0 Å². The summed E-state index contributed by atoms with van der Waals surface area (Å²) in [6.45, 7) is 4.43. The minimum atomic E-state index is -0.128. The number of amides is 2. The number of carbonyl (C=O) groups excluding carboxylic acids is 2. The second-order valence-electron chi connectivity index (χ2n) is 5.01. The Morgan fingerprint density at radius 2 is 2.00 bits per heavy atom. The zero-order chi connectivity index (χ0) is 15.2. The van der Waals surface area contributed by atoms with Gasteiger partial charge >= 0.3 is 0 Å². The monoisotopic (exact) mass is 402 g/mol. The fourth-order valence-electron chi connectivity index (χ4n) is 2.09. The van der Waals surface area contributed by atoms with E-state index in [2.05, 4.69) is 27.9 Å². The summed E-state index contributed by atoms with van der Waals surface area (Å²) in [6, 6.07) is 5.77. The lowest BCUT2D eigenvalue weighted by Gasteiger charge is -2.26. The quantitative estimate of drug-likeness (QED) is 0.786. The number of nitrogens with one attached hydrogen (secondary N) is 1. The lowest BCUT2D eigenvalue weighted by atomic mass is 10.2. The molecule has 1 aromatic carbocycles. The van der Waals surface area contributed by atoms with Crippen LogP contribution in [0.1, 0.15) is 18.4 Å². The first-order valence-corrected chi connectivity index (χ1v) is 8.05. The summed E-state index contributed by atoms with van der Waals surface area (Å²) in [7, 11) is 0. The molecule has 6 heteroatoms. The molecule has 0 aliphatic carbocycles. The van der Waals surface area contributed by atoms with Crippen molar-refractivity contribution < 1.29 is 14.3 Å². The number of hydrogen-bond acceptors (Lipinski definition) is 3. The molecule has 0 atom stereocenters. The Bertz CT molecular complexity index is 528. The summed E-state index contributed by atoms with van der Waals surface area (Å²) < 4.78 is 6.31. The van der Waals surface area contributed by atoms with Gasteiger partial charge in [0.15, 0.2) is 0 Å². The van der Waals surface area contributed by atoms with E-state index in [4.69, 9.17) is 4.74 Å². The zero-order valence-corrected chi connectivity index (χ0v) is 14.2. The van der Waals surface area contributed by atoms with Gasteiger partial charge < -0.3 is 15.0 Å². The van der Waals surface area contributed by atoms with Gasteiger partial charge in [-0.15, -0.1) is 0 Å². The smallest absolute Gasteiger partial charge is 0.224 e. The molecular weight excluding hydrogens is 383 g/mol. The summed E-state index contributed by atoms with van der Waals surface area (Å²) in [5.74, 6) is -0.108. The molecule has 0 unspecified atom stereocenters. The average Bonchev–Trinajstić information content (AvgIpc) is 2.49. The van der Waals surface area contributed by atoms with E-state index in [1.54, 1.807) is 4.90 Å². The molecule has 0 saturated carbocycles. The number of anilines is 1. The van der Waals surface area contributed by atoms with Crippen molar-refractivity contribution in [2.45, 2.75) is 19.8 Å². The van der Waals surface area contributed by atoms with E-state index >= 15 is 0 Å². The minimum absolute atomic E-state index is 0.0203. The van der Waals surface area contributed by atoms with Crippen LogP contribution in [0.25, 0.3) is 0 Å². The molecule has 1 aromatic rings. The molecule has 2 amide bonds. The molecule has 21 heavy (non-hydrogen) atoms. The SMILES string of the molecule is Cc1ccc(NC(=O)CCC(=O)N2CCOCC2)cc1I. The van der Waals surface area contributed by atoms with Crippen LogP contribution in [0, 0.1) is 10.5 Å². The Labute approximate surface area is 138 Å². The highest BCUT2D eigenvalue weighted by Gasteiger charge is 2.17. The van der Waals surface area contributed by atoms with Gasteiger partial charge in [-0.05, 0) is 47.2 Å². The maximum absolute atomic E-state index is 11.9. The van der Waals surface area contributed by atoms with Crippen molar-refractivity contribution in [2.75, 3.05) is 31.6 Å². The largest absolute Gasteiger partial charge is 0.378 e. The van der Waals surface area contributed by atoms with Crippen molar-refractivity contribution >= 4 is 40.1 Å². The Hall–Kier alpha value is -1.15. The highest BCUT2D eigenvalue weighted by atomic mass is 127. The van der Waals surface area contributed by atoms with Crippen LogP contribution in [0.2, 0.25) is 0 Å². The second kappa shape index (κ2) is 7.74. The van der Waals surface area contributed by atoms with E-state index < -0.39 is 0 Å². The lowest BCUT2D eigenvalue weighted by molar-refractivity contribution is -0.136. The maximum Gasteiger partial charge on any atom is 0.224 e. The fraction of sp³-hybridized carbons (Fsp3) is 0.467. The third kappa shape index (κ3) is 4.96. The van der Waals surface area contributed by atoms with E-state index in [0.717, 1.165) is 9.26 Å². The first kappa shape index (κ1) is 16.2. The van der Waals surface area contributed by atoms with E-state index in [9.17, 15) is 9.59 Å². The van der Waals surface area contributed by atoms with E-state index in [1.807, 2.05) is 25.1 Å². The number of hydrogen-bond donors (Lipinski definition) is 1. The van der Waals surface area contributed by atoms with Crippen LogP contribution in [0.4, 0.5) is 5.69 Å². The Kier molecular flexibility index (Phi) is 5.98. The predicted octanol–water partition coefficient (Wildman–Crippen LogP) is 2.18. The van der Waals surface area contributed by atoms with Crippen molar-refractivity contribution in [1.29, 1.82) is 0 Å². The number of carbonyl (C=O) groups is 2. The first-order chi connectivity index (χ1) is 10.1. The summed E-state index contributed by atoms with van der Waals surface area (Å²) >= 11 is 2.23. The molecule has 1 aliphatic rings. The number of halogens is 1. The highest BCUT2D eigenvalue weighted by molar-refractivity contribution is 14.1. The van der Waals surface area contributed by atoms with Crippen molar-refractivity contribution in [3.05, 3.63) is 27.3 Å². The Morgan fingerprint density at radius 1 is 1.29 bits per heavy atom. The fourth-order valence-corrected chi connectivity index (χ4v) is 2.60. The van der Waals surface area contributed by atoms with Gasteiger partial charge in [0.2, 0.25) is 11.8 Å². The van der Waals surface area contributed by atoms with Gasteiger partial charge in [0.1, 0.15) is 0 Å². The molecule has 1 heterocycles. The normalized spacial score (nSPS) is 14.9. The molecule has 1 fully saturated rings. The van der Waals surface area contributed by atoms with Gasteiger partial charge in [0.05, 0.1) is 13.2 Å². The van der Waals surface area contributed by atoms with Crippen LogP contribution < -0.4 is 5.32 Å². The predicted molar refractivity (Wildman–Crippen MR) is 89.2 cm³/mol. The topological polar surface area (TPSA) is 58.6 Å². The third-order valence-electron chi connectivity index (χ3n) is 3.39. The Morgan fingerprint density at radius 3 is 2.67 bits per heavy atom. The average molecular weight is 402 g/mol. The van der Waals surface area contributed by atoms with Crippen LogP contribution >= 0.6 is 22.6 Å². The number of aryl methyl sites for hydroxylation is 1. The van der Waals surface area contributed by atoms with Gasteiger partial charge in [-0.25, -0.2) is 0 Å². The summed E-state index contributed by atoms with van der Waals surface area (Å²) in [5.41, 5.74) is 1.95. The van der Waals surface area contributed by atoms with Crippen LogP contribution in [0.15, 0.2) is 18.2 Å². The molecule has 0 bridgehead atoms. The zero-order valence-electron chi connectivity index (χ0n) is 12.0. The number of rotatable bonds is 4. The molecular formula is C15H19IN2O3. The Balaban J connectivity index is 1.78. The molecule has 2 rings (SSSR count). The second-order valence-corrected chi connectivity index (χ2v) is 6.17. The van der Waals surface area contributed by atoms with E-state index in [0.29, 0.717) is 26.3 Å². The van der Waals surface area contributed by atoms with Gasteiger partial charge in [0, 0.05) is 35.2 Å². The maximum atomic E-state index is 11.9. The van der Waals surface area contributed by atoms with Crippen molar-refractivity contribution in [3.8, 4) is 0 Å². The molecule has 114 valence electrons. The molecule has 1 aliphatic heterocycles. The lowest BCUT2D eigenvalue weighted by Crippen LogP contribution is -2.40. The standard InChI is InChI=1S/C15H19IN2O3/c1-11-2-3-12(10-13(11)16)17-14(19)4-5-15(20)18-6-8-21-9-7-18/h2-3,10H,4-9H2,1H3,(H,17,19). The van der Waals surface area contributed by atoms with Crippen LogP contribution in [0.5, 0.6) is 0 Å².